The molecule has 0 aliphatic heterocycles. The topological polar surface area (TPSA) is 47.0 Å². The molecule has 4 nitrogen and oxygen atoms in total. The van der Waals surface area contributed by atoms with Gasteiger partial charge < -0.3 is 10.1 Å². The van der Waals surface area contributed by atoms with E-state index in [1.165, 1.54) is 0 Å². The molecule has 0 saturated heterocycles. The van der Waals surface area contributed by atoms with Gasteiger partial charge in [0.25, 0.3) is 0 Å². The highest BCUT2D eigenvalue weighted by atomic mass is 16.5. The molecule has 0 unspecified atom stereocenters. The van der Waals surface area contributed by atoms with Gasteiger partial charge in [0.15, 0.2) is 11.6 Å². The van der Waals surface area contributed by atoms with Gasteiger partial charge in [-0.1, -0.05) is 72.8 Å². The van der Waals surface area contributed by atoms with Gasteiger partial charge >= 0.3 is 0 Å². The van der Waals surface area contributed by atoms with Crippen LogP contribution in [0.2, 0.25) is 0 Å². The Balaban J connectivity index is 1.58. The first-order valence-corrected chi connectivity index (χ1v) is 9.78. The van der Waals surface area contributed by atoms with E-state index >= 15 is 0 Å². The van der Waals surface area contributed by atoms with Crippen LogP contribution in [0.5, 0.6) is 11.5 Å². The summed E-state index contributed by atoms with van der Waals surface area (Å²) < 4.78 is 6.10. The molecule has 144 valence electrons. The van der Waals surface area contributed by atoms with E-state index in [0.29, 0.717) is 5.82 Å². The number of hydrogen-bond donors (Lipinski definition) is 1. The van der Waals surface area contributed by atoms with Crippen LogP contribution in [-0.2, 0) is 0 Å². The number of hydrogen-bond acceptors (Lipinski definition) is 4. The number of aromatic nitrogens is 2. The lowest BCUT2D eigenvalue weighted by Crippen LogP contribution is -2.00. The fraction of sp³-hybridized carbons (Fsp3) is 0. The fourth-order valence-corrected chi connectivity index (χ4v) is 3.29. The van der Waals surface area contributed by atoms with Gasteiger partial charge in [0.05, 0.1) is 11.2 Å². The highest BCUT2D eigenvalue weighted by Crippen LogP contribution is 2.33. The third kappa shape index (κ3) is 3.71. The SMILES string of the molecule is c1ccc(Oc2ccccc2Nc2nc(-c3ccccc3)nc3ccccc23)cc1. The summed E-state index contributed by atoms with van der Waals surface area (Å²) in [6.07, 6.45) is 0. The molecule has 0 saturated carbocycles. The Morgan fingerprint density at radius 2 is 1.27 bits per heavy atom. The molecule has 0 amide bonds. The summed E-state index contributed by atoms with van der Waals surface area (Å²) in [6.45, 7) is 0. The molecule has 30 heavy (non-hydrogen) atoms. The molecule has 0 radical (unpaired) electrons. The van der Waals surface area contributed by atoms with Crippen LogP contribution < -0.4 is 10.1 Å². The van der Waals surface area contributed by atoms with Crippen molar-refractivity contribution < 1.29 is 4.74 Å². The summed E-state index contributed by atoms with van der Waals surface area (Å²) in [5.41, 5.74) is 2.69. The molecule has 1 heterocycles. The van der Waals surface area contributed by atoms with Crippen molar-refractivity contribution >= 4 is 22.4 Å². The number of anilines is 2. The van der Waals surface area contributed by atoms with Crippen LogP contribution in [0.1, 0.15) is 0 Å². The van der Waals surface area contributed by atoms with Crippen LogP contribution in [0.3, 0.4) is 0 Å². The first-order valence-electron chi connectivity index (χ1n) is 9.78. The molecule has 0 atom stereocenters. The smallest absolute Gasteiger partial charge is 0.162 e. The van der Waals surface area contributed by atoms with Crippen molar-refractivity contribution in [3.8, 4) is 22.9 Å². The van der Waals surface area contributed by atoms with E-state index in [1.807, 2.05) is 109 Å². The van der Waals surface area contributed by atoms with E-state index in [2.05, 4.69) is 5.32 Å². The van der Waals surface area contributed by atoms with E-state index in [-0.39, 0.29) is 0 Å². The number of nitrogens with one attached hydrogen (secondary N) is 1. The predicted molar refractivity (Wildman–Crippen MR) is 121 cm³/mol. The molecule has 1 N–H and O–H groups in total. The summed E-state index contributed by atoms with van der Waals surface area (Å²) in [7, 11) is 0. The quantitative estimate of drug-likeness (QED) is 0.358. The van der Waals surface area contributed by atoms with Gasteiger partial charge in [0, 0.05) is 10.9 Å². The minimum atomic E-state index is 0.679. The van der Waals surface area contributed by atoms with Crippen molar-refractivity contribution in [2.75, 3.05) is 5.32 Å². The van der Waals surface area contributed by atoms with E-state index in [1.54, 1.807) is 0 Å². The highest BCUT2D eigenvalue weighted by Gasteiger charge is 2.12. The zero-order valence-electron chi connectivity index (χ0n) is 16.2. The Morgan fingerprint density at radius 3 is 2.10 bits per heavy atom. The lowest BCUT2D eigenvalue weighted by Gasteiger charge is -2.14. The molecular formula is C26H19N3O. The molecule has 0 aliphatic carbocycles. The predicted octanol–water partition coefficient (Wildman–Crippen LogP) is 6.83. The van der Waals surface area contributed by atoms with Crippen LogP contribution in [0.15, 0.2) is 109 Å². The van der Waals surface area contributed by atoms with Crippen molar-refractivity contribution in [1.82, 2.24) is 9.97 Å². The lowest BCUT2D eigenvalue weighted by molar-refractivity contribution is 0.485. The van der Waals surface area contributed by atoms with Crippen LogP contribution in [0.25, 0.3) is 22.3 Å². The summed E-state index contributed by atoms with van der Waals surface area (Å²) in [5, 5.41) is 4.42. The van der Waals surface area contributed by atoms with Gasteiger partial charge in [-0.2, -0.15) is 0 Å². The van der Waals surface area contributed by atoms with Crippen LogP contribution in [-0.4, -0.2) is 9.97 Å². The molecular weight excluding hydrogens is 370 g/mol. The van der Waals surface area contributed by atoms with Crippen molar-refractivity contribution in [1.29, 1.82) is 0 Å². The average Bonchev–Trinajstić information content (AvgIpc) is 2.81. The second-order valence-corrected chi connectivity index (χ2v) is 6.82. The Morgan fingerprint density at radius 1 is 0.600 bits per heavy atom. The molecule has 0 spiro atoms. The molecule has 1 aromatic heterocycles. The fourth-order valence-electron chi connectivity index (χ4n) is 3.29. The Bertz CT molecular complexity index is 1290. The zero-order valence-corrected chi connectivity index (χ0v) is 16.2. The number of nitrogens with zero attached hydrogens (tertiary/aromatic N) is 2. The zero-order chi connectivity index (χ0) is 20.2. The number of para-hydroxylation sites is 4. The second kappa shape index (κ2) is 8.05. The standard InChI is InChI=1S/C26H19N3O/c1-3-11-19(12-4-1)25-27-22-16-8-7-15-21(22)26(29-25)28-23-17-9-10-18-24(23)30-20-13-5-2-6-14-20/h1-18H,(H,27,28,29). The second-order valence-electron chi connectivity index (χ2n) is 6.82. The first-order chi connectivity index (χ1) is 14.9. The Labute approximate surface area is 174 Å². The summed E-state index contributed by atoms with van der Waals surface area (Å²) in [4.78, 5) is 9.59. The van der Waals surface area contributed by atoms with E-state index in [4.69, 9.17) is 14.7 Å². The monoisotopic (exact) mass is 389 g/mol. The van der Waals surface area contributed by atoms with E-state index < -0.39 is 0 Å². The van der Waals surface area contributed by atoms with E-state index in [9.17, 15) is 0 Å². The van der Waals surface area contributed by atoms with Gasteiger partial charge in [-0.25, -0.2) is 9.97 Å². The maximum Gasteiger partial charge on any atom is 0.162 e. The van der Waals surface area contributed by atoms with Gasteiger partial charge in [0.2, 0.25) is 0 Å². The Hall–Kier alpha value is -4.18. The van der Waals surface area contributed by atoms with Crippen molar-refractivity contribution in [2.45, 2.75) is 0 Å². The van der Waals surface area contributed by atoms with Crippen molar-refractivity contribution in [2.24, 2.45) is 0 Å². The molecule has 0 aliphatic rings. The van der Waals surface area contributed by atoms with Crippen LogP contribution in [0.4, 0.5) is 11.5 Å². The molecule has 4 aromatic carbocycles. The summed E-state index contributed by atoms with van der Waals surface area (Å²) in [5.74, 6) is 2.93. The highest BCUT2D eigenvalue weighted by molar-refractivity contribution is 5.92. The van der Waals surface area contributed by atoms with Crippen LogP contribution in [0, 0.1) is 0 Å². The first kappa shape index (κ1) is 17.9. The lowest BCUT2D eigenvalue weighted by atomic mass is 10.2. The third-order valence-corrected chi connectivity index (χ3v) is 4.75. The van der Waals surface area contributed by atoms with Gasteiger partial charge in [-0.3, -0.25) is 0 Å². The third-order valence-electron chi connectivity index (χ3n) is 4.75. The molecule has 0 fully saturated rings. The van der Waals surface area contributed by atoms with Gasteiger partial charge in [-0.15, -0.1) is 0 Å². The molecule has 5 aromatic rings. The number of benzene rings is 4. The molecule has 4 heteroatoms. The normalized spacial score (nSPS) is 10.7. The molecule has 5 rings (SSSR count). The Kier molecular flexibility index (Phi) is 4.80. The van der Waals surface area contributed by atoms with E-state index in [0.717, 1.165) is 39.5 Å². The average molecular weight is 389 g/mol. The maximum atomic E-state index is 6.10. The number of fused-ring (bicyclic) bond motifs is 1. The number of rotatable bonds is 5. The van der Waals surface area contributed by atoms with Gasteiger partial charge in [0.1, 0.15) is 11.6 Å². The number of ether oxygens (including phenoxy) is 1. The summed E-state index contributed by atoms with van der Waals surface area (Å²) >= 11 is 0. The minimum Gasteiger partial charge on any atom is -0.455 e. The van der Waals surface area contributed by atoms with Gasteiger partial charge in [-0.05, 0) is 36.4 Å². The van der Waals surface area contributed by atoms with Crippen molar-refractivity contribution in [3.05, 3.63) is 109 Å². The van der Waals surface area contributed by atoms with Crippen LogP contribution >= 0.6 is 0 Å². The summed E-state index contributed by atoms with van der Waals surface area (Å²) in [6, 6.07) is 35.6. The largest absolute Gasteiger partial charge is 0.455 e. The maximum absolute atomic E-state index is 6.10. The molecule has 0 bridgehead atoms. The van der Waals surface area contributed by atoms with Crippen molar-refractivity contribution in [3.63, 3.8) is 0 Å². The minimum absolute atomic E-state index is 0.679.